The maximum Gasteiger partial charge on any atom is 0.325 e. The monoisotopic (exact) mass is 471 g/mol. The number of hydrogen-bond acceptors (Lipinski definition) is 8. The minimum Gasteiger partial charge on any atom is -0.493 e. The summed E-state index contributed by atoms with van der Waals surface area (Å²) in [6.45, 7) is 0.567. The highest BCUT2D eigenvalue weighted by Gasteiger charge is 2.30. The Labute approximate surface area is 185 Å². The summed E-state index contributed by atoms with van der Waals surface area (Å²) >= 11 is 1.25. The van der Waals surface area contributed by atoms with E-state index in [1.807, 2.05) is 0 Å². The van der Waals surface area contributed by atoms with Gasteiger partial charge < -0.3 is 19.5 Å². The summed E-state index contributed by atoms with van der Waals surface area (Å²) in [5.41, 5.74) is 1.23. The third kappa shape index (κ3) is 4.84. The van der Waals surface area contributed by atoms with Crippen molar-refractivity contribution in [1.82, 2.24) is 13.6 Å². The van der Waals surface area contributed by atoms with Gasteiger partial charge in [0.05, 0.1) is 39.3 Å². The minimum absolute atomic E-state index is 0.226. The van der Waals surface area contributed by atoms with Crippen molar-refractivity contribution >= 4 is 38.4 Å². The molecule has 0 atom stereocenters. The number of aromatic nitrogens is 1. The molecule has 0 bridgehead atoms. The number of carbonyl (C=O) groups excluding carboxylic acids is 1. The van der Waals surface area contributed by atoms with Crippen LogP contribution in [0.3, 0.4) is 0 Å². The Morgan fingerprint density at radius 1 is 1.13 bits per heavy atom. The van der Waals surface area contributed by atoms with Gasteiger partial charge in [-0.05, 0) is 0 Å². The number of benzene rings is 1. The quantitative estimate of drug-likeness (QED) is 0.633. The molecule has 1 aromatic carbocycles. The van der Waals surface area contributed by atoms with Crippen LogP contribution in [-0.2, 0) is 23.2 Å². The standard InChI is InChI=1S/C18H25N5O6S2/c1-22(2)31(25,26)23-7-6-12-15(10-23)30-18(20-12)21-17(24)19-11-8-13(27-3)16(29-5)14(9-11)28-4/h8-9H,6-7,10H2,1-5H3,(H2,19,20,21,24). The van der Waals surface area contributed by atoms with E-state index in [0.29, 0.717) is 41.0 Å². The fourth-order valence-corrected chi connectivity index (χ4v) is 5.24. The van der Waals surface area contributed by atoms with Gasteiger partial charge in [-0.25, -0.2) is 9.78 Å². The Balaban J connectivity index is 1.71. The number of carbonyl (C=O) groups is 1. The van der Waals surface area contributed by atoms with E-state index < -0.39 is 16.2 Å². The Kier molecular flexibility index (Phi) is 6.89. The lowest BCUT2D eigenvalue weighted by molar-refractivity contribution is 0.262. The zero-order valence-electron chi connectivity index (χ0n) is 17.9. The van der Waals surface area contributed by atoms with Gasteiger partial charge in [-0.15, -0.1) is 0 Å². The largest absolute Gasteiger partial charge is 0.493 e. The first-order chi connectivity index (χ1) is 14.7. The van der Waals surface area contributed by atoms with Gasteiger partial charge in [-0.1, -0.05) is 11.3 Å². The van der Waals surface area contributed by atoms with Crippen molar-refractivity contribution < 1.29 is 27.4 Å². The highest BCUT2D eigenvalue weighted by molar-refractivity contribution is 7.86. The molecule has 0 saturated heterocycles. The summed E-state index contributed by atoms with van der Waals surface area (Å²) < 4.78 is 43.1. The third-order valence-corrected chi connectivity index (χ3v) is 7.51. The van der Waals surface area contributed by atoms with Crippen molar-refractivity contribution in [3.05, 3.63) is 22.7 Å². The van der Waals surface area contributed by atoms with Gasteiger partial charge >= 0.3 is 6.03 Å². The van der Waals surface area contributed by atoms with Crippen LogP contribution in [0.15, 0.2) is 12.1 Å². The van der Waals surface area contributed by atoms with E-state index in [1.165, 1.54) is 55.4 Å². The number of rotatable bonds is 7. The number of methoxy groups -OCH3 is 3. The fraction of sp³-hybridized carbons (Fsp3) is 0.444. The number of nitrogens with one attached hydrogen (secondary N) is 2. The third-order valence-electron chi connectivity index (χ3n) is 4.63. The predicted molar refractivity (Wildman–Crippen MR) is 118 cm³/mol. The van der Waals surface area contributed by atoms with Crippen molar-refractivity contribution in [2.75, 3.05) is 52.6 Å². The molecule has 2 heterocycles. The molecule has 31 heavy (non-hydrogen) atoms. The minimum atomic E-state index is -3.50. The maximum atomic E-state index is 12.5. The Bertz CT molecular complexity index is 1040. The molecule has 0 spiro atoms. The predicted octanol–water partition coefficient (Wildman–Crippen LogP) is 1.98. The van der Waals surface area contributed by atoms with Crippen molar-refractivity contribution in [2.45, 2.75) is 13.0 Å². The lowest BCUT2D eigenvalue weighted by Crippen LogP contribution is -2.42. The smallest absolute Gasteiger partial charge is 0.325 e. The number of fused-ring (bicyclic) bond motifs is 1. The van der Waals surface area contributed by atoms with Gasteiger partial charge in [0.25, 0.3) is 10.2 Å². The van der Waals surface area contributed by atoms with E-state index in [2.05, 4.69) is 15.6 Å². The van der Waals surface area contributed by atoms with Crippen LogP contribution in [0.4, 0.5) is 15.6 Å². The summed E-state index contributed by atoms with van der Waals surface area (Å²) in [6, 6.07) is 2.72. The molecule has 0 fully saturated rings. The molecule has 170 valence electrons. The molecular weight excluding hydrogens is 446 g/mol. The number of ether oxygens (including phenoxy) is 3. The van der Waals surface area contributed by atoms with E-state index in [0.717, 1.165) is 10.6 Å². The molecule has 1 aliphatic rings. The number of urea groups is 1. The molecule has 1 aromatic heterocycles. The summed E-state index contributed by atoms with van der Waals surface area (Å²) in [5, 5.41) is 5.79. The lowest BCUT2D eigenvalue weighted by atomic mass is 10.2. The second-order valence-corrected chi connectivity index (χ2v) is 9.98. The average molecular weight is 472 g/mol. The van der Waals surface area contributed by atoms with E-state index in [4.69, 9.17) is 14.2 Å². The fourth-order valence-electron chi connectivity index (χ4n) is 3.07. The van der Waals surface area contributed by atoms with Gasteiger partial charge in [0.15, 0.2) is 16.6 Å². The van der Waals surface area contributed by atoms with Crippen LogP contribution >= 0.6 is 11.3 Å². The summed E-state index contributed by atoms with van der Waals surface area (Å²) in [4.78, 5) is 17.7. The van der Waals surface area contributed by atoms with E-state index in [1.54, 1.807) is 12.1 Å². The molecule has 2 aromatic rings. The van der Waals surface area contributed by atoms with E-state index in [-0.39, 0.29) is 6.54 Å². The normalized spacial score (nSPS) is 14.1. The number of amides is 2. The van der Waals surface area contributed by atoms with Crippen molar-refractivity contribution in [3.8, 4) is 17.2 Å². The number of nitrogens with zero attached hydrogens (tertiary/aromatic N) is 3. The zero-order chi connectivity index (χ0) is 22.8. The van der Waals surface area contributed by atoms with Crippen molar-refractivity contribution in [1.29, 1.82) is 0 Å². The second kappa shape index (κ2) is 9.26. The number of thiazole rings is 1. The Morgan fingerprint density at radius 2 is 1.77 bits per heavy atom. The molecule has 0 saturated carbocycles. The summed E-state index contributed by atoms with van der Waals surface area (Å²) in [7, 11) is 3.96. The van der Waals surface area contributed by atoms with Crippen LogP contribution in [0.25, 0.3) is 0 Å². The molecular formula is C18H25N5O6S2. The number of anilines is 2. The zero-order valence-corrected chi connectivity index (χ0v) is 19.5. The Hall–Kier alpha value is -2.61. The Morgan fingerprint density at radius 3 is 2.32 bits per heavy atom. The second-order valence-electron chi connectivity index (χ2n) is 6.76. The maximum absolute atomic E-state index is 12.5. The molecule has 0 radical (unpaired) electrons. The molecule has 13 heteroatoms. The molecule has 2 N–H and O–H groups in total. The first-order valence-corrected chi connectivity index (χ1v) is 11.4. The van der Waals surface area contributed by atoms with Crippen LogP contribution < -0.4 is 24.8 Å². The first-order valence-electron chi connectivity index (χ1n) is 9.23. The highest BCUT2D eigenvalue weighted by atomic mass is 32.2. The van der Waals surface area contributed by atoms with Crippen molar-refractivity contribution in [2.24, 2.45) is 0 Å². The van der Waals surface area contributed by atoms with Crippen LogP contribution in [-0.4, -0.2) is 70.0 Å². The molecule has 3 rings (SSSR count). The van der Waals surface area contributed by atoms with Crippen LogP contribution in [0.2, 0.25) is 0 Å². The van der Waals surface area contributed by atoms with Crippen LogP contribution in [0.5, 0.6) is 17.2 Å². The van der Waals surface area contributed by atoms with Crippen LogP contribution in [0, 0.1) is 0 Å². The molecule has 11 nitrogen and oxygen atoms in total. The topological polar surface area (TPSA) is 122 Å². The van der Waals surface area contributed by atoms with Gasteiger partial charge in [0, 0.05) is 44.1 Å². The number of hydrogen-bond donors (Lipinski definition) is 2. The van der Waals surface area contributed by atoms with E-state index in [9.17, 15) is 13.2 Å². The molecule has 1 aliphatic heterocycles. The average Bonchev–Trinajstić information content (AvgIpc) is 3.13. The SMILES string of the molecule is COc1cc(NC(=O)Nc2nc3c(s2)CN(S(=O)(=O)N(C)C)CC3)cc(OC)c1OC. The molecule has 2 amide bonds. The van der Waals surface area contributed by atoms with Gasteiger partial charge in [-0.2, -0.15) is 17.0 Å². The summed E-state index contributed by atoms with van der Waals surface area (Å²) in [5.74, 6) is 1.23. The molecule has 0 aliphatic carbocycles. The van der Waals surface area contributed by atoms with Gasteiger partial charge in [0.1, 0.15) is 0 Å². The van der Waals surface area contributed by atoms with Crippen molar-refractivity contribution in [3.63, 3.8) is 0 Å². The van der Waals surface area contributed by atoms with Gasteiger partial charge in [0.2, 0.25) is 5.75 Å². The summed E-state index contributed by atoms with van der Waals surface area (Å²) in [6.07, 6.45) is 0.481. The van der Waals surface area contributed by atoms with Crippen LogP contribution in [0.1, 0.15) is 10.6 Å². The first kappa shape index (κ1) is 23.1. The van der Waals surface area contributed by atoms with E-state index >= 15 is 0 Å². The van der Waals surface area contributed by atoms with Gasteiger partial charge in [-0.3, -0.25) is 5.32 Å². The molecule has 0 unspecified atom stereocenters. The highest BCUT2D eigenvalue weighted by Crippen LogP contribution is 2.40. The lowest BCUT2D eigenvalue weighted by Gasteiger charge is -2.27.